The van der Waals surface area contributed by atoms with Crippen LogP contribution in [-0.2, 0) is 14.3 Å². The molecule has 2 fully saturated rings. The fourth-order valence-corrected chi connectivity index (χ4v) is 2.87. The zero-order valence-electron chi connectivity index (χ0n) is 9.76. The number of aliphatic hydroxyl groups is 1. The van der Waals surface area contributed by atoms with Gasteiger partial charge in [-0.25, -0.2) is 4.79 Å². The van der Waals surface area contributed by atoms with E-state index in [1.165, 1.54) is 4.90 Å². The van der Waals surface area contributed by atoms with Gasteiger partial charge in [-0.2, -0.15) is 0 Å². The van der Waals surface area contributed by atoms with Gasteiger partial charge in [0.05, 0.1) is 12.5 Å². The van der Waals surface area contributed by atoms with Gasteiger partial charge in [0, 0.05) is 6.61 Å². The smallest absolute Gasteiger partial charge is 0.332 e. The van der Waals surface area contributed by atoms with Gasteiger partial charge >= 0.3 is 5.97 Å². The number of aliphatic carboxylic acids is 1. The van der Waals surface area contributed by atoms with Crippen LogP contribution < -0.4 is 0 Å². The van der Waals surface area contributed by atoms with Gasteiger partial charge in [-0.05, 0) is 12.8 Å². The van der Waals surface area contributed by atoms with Crippen LogP contribution in [-0.4, -0.2) is 51.5 Å². The first-order valence-electron chi connectivity index (χ1n) is 5.89. The van der Waals surface area contributed by atoms with E-state index in [2.05, 4.69) is 0 Å². The summed E-state index contributed by atoms with van der Waals surface area (Å²) in [6.07, 6.45) is 0.472. The first-order valence-corrected chi connectivity index (χ1v) is 5.89. The zero-order chi connectivity index (χ0) is 12.6. The van der Waals surface area contributed by atoms with Crippen LogP contribution in [0, 0.1) is 0 Å². The summed E-state index contributed by atoms with van der Waals surface area (Å²) in [7, 11) is 0. The van der Waals surface area contributed by atoms with E-state index in [9.17, 15) is 14.7 Å². The van der Waals surface area contributed by atoms with E-state index in [0.29, 0.717) is 12.8 Å². The fourth-order valence-electron chi connectivity index (χ4n) is 2.87. The van der Waals surface area contributed by atoms with E-state index < -0.39 is 23.8 Å². The molecule has 0 bridgehead atoms. The van der Waals surface area contributed by atoms with Crippen molar-refractivity contribution in [3.05, 3.63) is 0 Å². The van der Waals surface area contributed by atoms with Crippen LogP contribution in [0.25, 0.3) is 0 Å². The predicted molar refractivity (Wildman–Crippen MR) is 57.1 cm³/mol. The summed E-state index contributed by atoms with van der Waals surface area (Å²) in [6.45, 7) is 1.73. The Balaban J connectivity index is 2.34. The van der Waals surface area contributed by atoms with Crippen molar-refractivity contribution < 1.29 is 24.5 Å². The zero-order valence-corrected chi connectivity index (χ0v) is 9.76. The number of nitrogens with zero attached hydrogens (tertiary/aromatic N) is 1. The highest BCUT2D eigenvalue weighted by Gasteiger charge is 2.65. The average molecular weight is 243 g/mol. The van der Waals surface area contributed by atoms with Gasteiger partial charge < -0.3 is 14.9 Å². The molecule has 17 heavy (non-hydrogen) atoms. The number of carboxylic acids is 1. The summed E-state index contributed by atoms with van der Waals surface area (Å²) in [6, 6.07) is 0. The predicted octanol–water partition coefficient (Wildman–Crippen LogP) is -0.0505. The molecule has 2 saturated heterocycles. The molecule has 2 N–H and O–H groups in total. The third kappa shape index (κ3) is 1.55. The van der Waals surface area contributed by atoms with Crippen molar-refractivity contribution in [1.29, 1.82) is 0 Å². The number of fused-ring (bicyclic) bond motifs is 1. The van der Waals surface area contributed by atoms with E-state index >= 15 is 0 Å². The van der Waals surface area contributed by atoms with Crippen molar-refractivity contribution in [2.75, 3.05) is 6.61 Å². The molecule has 0 aromatic heterocycles. The highest BCUT2D eigenvalue weighted by atomic mass is 16.5. The number of carboxylic acid groups (broad SMARTS) is 1. The third-order valence-electron chi connectivity index (χ3n) is 3.58. The molecule has 0 aromatic carbocycles. The molecule has 3 atom stereocenters. The maximum absolute atomic E-state index is 11.6. The Bertz CT molecular complexity index is 345. The number of amides is 1. The summed E-state index contributed by atoms with van der Waals surface area (Å²) >= 11 is 0. The van der Waals surface area contributed by atoms with Crippen molar-refractivity contribution in [1.82, 2.24) is 4.90 Å². The topological polar surface area (TPSA) is 87.1 Å². The molecular formula is C11H17NO5. The molecule has 0 radical (unpaired) electrons. The minimum atomic E-state index is -1.28. The Morgan fingerprint density at radius 2 is 2.35 bits per heavy atom. The van der Waals surface area contributed by atoms with Crippen molar-refractivity contribution >= 4 is 11.9 Å². The largest absolute Gasteiger partial charge is 0.479 e. The maximum Gasteiger partial charge on any atom is 0.332 e. The summed E-state index contributed by atoms with van der Waals surface area (Å²) in [4.78, 5) is 24.5. The summed E-state index contributed by atoms with van der Waals surface area (Å²) in [5.74, 6) is -1.21. The molecule has 0 saturated carbocycles. The van der Waals surface area contributed by atoms with Crippen LogP contribution in [0.2, 0.25) is 0 Å². The maximum atomic E-state index is 11.6. The first kappa shape index (κ1) is 12.3. The molecule has 6 nitrogen and oxygen atoms in total. The number of aliphatic hydroxyl groups excluding tert-OH is 1. The van der Waals surface area contributed by atoms with E-state index in [4.69, 9.17) is 9.84 Å². The highest BCUT2D eigenvalue weighted by Crippen LogP contribution is 2.45. The molecule has 0 aliphatic carbocycles. The lowest BCUT2D eigenvalue weighted by atomic mass is 9.83. The van der Waals surface area contributed by atoms with Gasteiger partial charge in [0.1, 0.15) is 6.23 Å². The standard InChI is InChI=1S/C11H17NO5/c1-2-4-11(10(15)16)7(3-5-13)17-9-6-8(14)12(9)11/h7,9,13H,2-6H2,1H3,(H,15,16)/t7?,9-,11?/m1/s1. The third-order valence-corrected chi connectivity index (χ3v) is 3.58. The number of carbonyl (C=O) groups excluding carboxylic acids is 1. The molecule has 6 heteroatoms. The van der Waals surface area contributed by atoms with E-state index in [1.54, 1.807) is 0 Å². The molecule has 2 unspecified atom stereocenters. The van der Waals surface area contributed by atoms with Crippen molar-refractivity contribution in [2.45, 2.75) is 50.5 Å². The average Bonchev–Trinajstić information content (AvgIpc) is 2.49. The Labute approximate surface area is 99.2 Å². The van der Waals surface area contributed by atoms with Gasteiger partial charge in [0.15, 0.2) is 5.54 Å². The molecule has 0 aromatic rings. The van der Waals surface area contributed by atoms with Gasteiger partial charge in [0.25, 0.3) is 0 Å². The van der Waals surface area contributed by atoms with Crippen molar-refractivity contribution in [3.63, 3.8) is 0 Å². The lowest BCUT2D eigenvalue weighted by Crippen LogP contribution is -2.64. The van der Waals surface area contributed by atoms with Crippen LogP contribution in [0.4, 0.5) is 0 Å². The summed E-state index contributed by atoms with van der Waals surface area (Å²) in [5, 5.41) is 18.5. The van der Waals surface area contributed by atoms with Gasteiger partial charge in [-0.1, -0.05) is 13.3 Å². The van der Waals surface area contributed by atoms with Crippen molar-refractivity contribution in [3.8, 4) is 0 Å². The van der Waals surface area contributed by atoms with Crippen LogP contribution in [0.5, 0.6) is 0 Å². The van der Waals surface area contributed by atoms with Gasteiger partial charge in [-0.3, -0.25) is 9.69 Å². The van der Waals surface area contributed by atoms with Gasteiger partial charge in [-0.15, -0.1) is 0 Å². The molecule has 2 aliphatic rings. The van der Waals surface area contributed by atoms with Crippen LogP contribution in [0.3, 0.4) is 0 Å². The van der Waals surface area contributed by atoms with Crippen molar-refractivity contribution in [2.24, 2.45) is 0 Å². The molecule has 2 heterocycles. The SMILES string of the molecule is CCCC1(C(=O)O)C(CCO)O[C@@H]2CC(=O)N21. The summed E-state index contributed by atoms with van der Waals surface area (Å²) in [5.41, 5.74) is -1.28. The second kappa shape index (κ2) is 4.27. The normalized spacial score (nSPS) is 35.6. The Kier molecular flexibility index (Phi) is 3.09. The Morgan fingerprint density at radius 3 is 2.82 bits per heavy atom. The second-order valence-corrected chi connectivity index (χ2v) is 4.54. The monoisotopic (exact) mass is 243 g/mol. The minimum absolute atomic E-state index is 0.141. The Hall–Kier alpha value is -1.14. The number of β-lactam (4-membered cyclic amide) rings is 1. The number of hydrogen-bond donors (Lipinski definition) is 2. The van der Waals surface area contributed by atoms with E-state index in [0.717, 1.165) is 0 Å². The number of carbonyl (C=O) groups is 2. The molecule has 0 spiro atoms. The molecule has 96 valence electrons. The molecule has 1 amide bonds. The highest BCUT2D eigenvalue weighted by molar-refractivity contribution is 5.92. The fraction of sp³-hybridized carbons (Fsp3) is 0.818. The summed E-state index contributed by atoms with van der Waals surface area (Å²) < 4.78 is 5.57. The van der Waals surface area contributed by atoms with Crippen LogP contribution in [0.15, 0.2) is 0 Å². The molecule has 2 aliphatic heterocycles. The second-order valence-electron chi connectivity index (χ2n) is 4.54. The lowest BCUT2D eigenvalue weighted by molar-refractivity contribution is -0.171. The Morgan fingerprint density at radius 1 is 1.65 bits per heavy atom. The lowest BCUT2D eigenvalue weighted by Gasteiger charge is -2.42. The van der Waals surface area contributed by atoms with E-state index in [1.807, 2.05) is 6.92 Å². The number of rotatable bonds is 5. The number of hydrogen-bond acceptors (Lipinski definition) is 4. The molecular weight excluding hydrogens is 226 g/mol. The van der Waals surface area contributed by atoms with Crippen LogP contribution >= 0.6 is 0 Å². The number of ether oxygens (including phenoxy) is 1. The van der Waals surface area contributed by atoms with E-state index in [-0.39, 0.29) is 25.4 Å². The minimum Gasteiger partial charge on any atom is -0.479 e. The molecule has 2 rings (SSSR count). The quantitative estimate of drug-likeness (QED) is 0.661. The van der Waals surface area contributed by atoms with Gasteiger partial charge in [0.2, 0.25) is 5.91 Å². The van der Waals surface area contributed by atoms with Crippen LogP contribution in [0.1, 0.15) is 32.6 Å². The first-order chi connectivity index (χ1) is 8.07.